The molecule has 0 bridgehead atoms. The van der Waals surface area contributed by atoms with Crippen LogP contribution in [0.15, 0.2) is 162 Å². The second kappa shape index (κ2) is 16.8. The van der Waals surface area contributed by atoms with Gasteiger partial charge in [-0.1, -0.05) is 159 Å². The van der Waals surface area contributed by atoms with E-state index in [1.807, 2.05) is 85.8 Å². The summed E-state index contributed by atoms with van der Waals surface area (Å²) in [5.74, 6) is -1.46. The van der Waals surface area contributed by atoms with Crippen molar-refractivity contribution >= 4 is 45.5 Å². The van der Waals surface area contributed by atoms with Gasteiger partial charge in [-0.2, -0.15) is 0 Å². The number of carbonyl (C=O) groups excluding carboxylic acids is 1. The average molecular weight is 823 g/mol. The summed E-state index contributed by atoms with van der Waals surface area (Å²) < 4.78 is 43.7. The van der Waals surface area contributed by atoms with E-state index in [4.69, 9.17) is 9.16 Å². The first kappa shape index (κ1) is 41.4. The van der Waals surface area contributed by atoms with Crippen LogP contribution in [0.4, 0.5) is 0 Å². The summed E-state index contributed by atoms with van der Waals surface area (Å²) >= 11 is 0. The van der Waals surface area contributed by atoms with Crippen molar-refractivity contribution in [2.24, 2.45) is 5.11 Å². The van der Waals surface area contributed by atoms with Crippen LogP contribution >= 0.6 is 0 Å². The number of aromatic nitrogens is 1. The molecule has 59 heavy (non-hydrogen) atoms. The number of rotatable bonds is 13. The first-order chi connectivity index (χ1) is 28.3. The third-order valence-corrected chi connectivity index (χ3v) is 17.8. The van der Waals surface area contributed by atoms with Crippen molar-refractivity contribution in [2.45, 2.75) is 69.2 Å². The van der Waals surface area contributed by atoms with E-state index in [1.165, 1.54) is 15.6 Å². The molecule has 1 radical (unpaired) electrons. The standard InChI is InChI=1S/C47H48N5O5SSi/c1-33(2)43(45(49-50-48)46(53)51-32-56-31-42(51)35-17-10-7-11-18-35)40-29-52(58(54,55)37-27-25-34(3)26-28-37)41-24-16-19-36(44(40)41)30-57-59(47(4,5)6,38-20-12-8-13-21-38)39-22-14-9-15-23-39/h7-29,32,42-43,45H,1,30-31H2,2-6H3/t42-,43-,45+/m1/s1. The number of hydrogen-bond acceptors (Lipinski definition) is 6. The SMILES string of the molecule is C=C(C)[C@H](c1cn(S(=O)(=O)c2ccc(C)cc2)c2cccc(CO[Si](c3ccccc3)(c3ccccc3)C(C)(C)C)c12)[C@H](N=[N+]=[N-])C(=O)N1[CH]OC[C@@H]1c1ccccc1. The minimum absolute atomic E-state index is 0.101. The smallest absolute Gasteiger partial charge is 0.268 e. The van der Waals surface area contributed by atoms with E-state index in [1.54, 1.807) is 43.5 Å². The van der Waals surface area contributed by atoms with Crippen LogP contribution in [0.25, 0.3) is 21.3 Å². The molecule has 0 aliphatic carbocycles. The van der Waals surface area contributed by atoms with Gasteiger partial charge in [0.05, 0.1) is 29.7 Å². The molecule has 5 aromatic carbocycles. The van der Waals surface area contributed by atoms with Crippen LogP contribution in [0.5, 0.6) is 0 Å². The molecule has 301 valence electrons. The molecule has 2 heterocycles. The Morgan fingerprint density at radius 1 is 0.915 bits per heavy atom. The minimum atomic E-state index is -4.18. The fourth-order valence-electron chi connectivity index (χ4n) is 8.37. The van der Waals surface area contributed by atoms with Gasteiger partial charge in [0.1, 0.15) is 6.04 Å². The molecule has 3 atom stereocenters. The quantitative estimate of drug-likeness (QED) is 0.0377. The van der Waals surface area contributed by atoms with Crippen molar-refractivity contribution in [3.8, 4) is 0 Å². The highest BCUT2D eigenvalue weighted by Gasteiger charge is 2.50. The maximum Gasteiger partial charge on any atom is 0.268 e. The van der Waals surface area contributed by atoms with E-state index in [0.29, 0.717) is 27.6 Å². The normalized spacial score (nSPS) is 15.7. The lowest BCUT2D eigenvalue weighted by atomic mass is 9.84. The van der Waals surface area contributed by atoms with Crippen molar-refractivity contribution in [1.82, 2.24) is 8.87 Å². The lowest BCUT2D eigenvalue weighted by Crippen LogP contribution is -2.66. The Kier molecular flexibility index (Phi) is 11.8. The first-order valence-electron chi connectivity index (χ1n) is 19.5. The van der Waals surface area contributed by atoms with Gasteiger partial charge in [-0.15, -0.1) is 0 Å². The zero-order valence-corrected chi connectivity index (χ0v) is 35.7. The van der Waals surface area contributed by atoms with Crippen LogP contribution in [0.3, 0.4) is 0 Å². The fourth-order valence-corrected chi connectivity index (χ4v) is 14.3. The molecule has 1 fully saturated rings. The van der Waals surface area contributed by atoms with E-state index in [-0.39, 0.29) is 23.1 Å². The topological polar surface area (TPSA) is 127 Å². The minimum Gasteiger partial charge on any atom is -0.403 e. The van der Waals surface area contributed by atoms with E-state index in [0.717, 1.165) is 21.5 Å². The highest BCUT2D eigenvalue weighted by Crippen LogP contribution is 2.42. The maximum absolute atomic E-state index is 14.8. The predicted octanol–water partition coefficient (Wildman–Crippen LogP) is 9.32. The van der Waals surface area contributed by atoms with Gasteiger partial charge in [-0.3, -0.25) is 4.79 Å². The molecular weight excluding hydrogens is 775 g/mol. The first-order valence-corrected chi connectivity index (χ1v) is 22.9. The van der Waals surface area contributed by atoms with Gasteiger partial charge in [0.2, 0.25) is 5.91 Å². The number of nitrogens with zero attached hydrogens (tertiary/aromatic N) is 5. The van der Waals surface area contributed by atoms with Crippen LogP contribution in [0.2, 0.25) is 5.04 Å². The molecule has 6 aromatic rings. The molecule has 0 unspecified atom stereocenters. The van der Waals surface area contributed by atoms with E-state index in [2.05, 4.69) is 61.6 Å². The molecule has 7 rings (SSSR count). The maximum atomic E-state index is 14.8. The molecule has 0 saturated carbocycles. The summed E-state index contributed by atoms with van der Waals surface area (Å²) in [5, 5.41) is 6.56. The molecule has 1 aliphatic heterocycles. The summed E-state index contributed by atoms with van der Waals surface area (Å²) in [6.45, 7) is 16.3. The van der Waals surface area contributed by atoms with Gasteiger partial charge in [0, 0.05) is 22.4 Å². The number of benzene rings is 5. The average Bonchev–Trinajstić information content (AvgIpc) is 3.88. The second-order valence-corrected chi connectivity index (χ2v) is 22.2. The fraction of sp³-hybridized carbons (Fsp3) is 0.234. The molecule has 1 saturated heterocycles. The number of hydrogen-bond donors (Lipinski definition) is 0. The number of aryl methyl sites for hydroxylation is 1. The lowest BCUT2D eigenvalue weighted by Gasteiger charge is -2.43. The zero-order chi connectivity index (χ0) is 42.0. The highest BCUT2D eigenvalue weighted by atomic mass is 32.2. The Labute approximate surface area is 347 Å². The van der Waals surface area contributed by atoms with Crippen molar-refractivity contribution in [3.05, 3.63) is 191 Å². The number of carbonyl (C=O) groups is 1. The summed E-state index contributed by atoms with van der Waals surface area (Å²) in [4.78, 5) is 19.5. The van der Waals surface area contributed by atoms with Crippen LogP contribution in [0.1, 0.15) is 61.9 Å². The highest BCUT2D eigenvalue weighted by molar-refractivity contribution is 7.90. The van der Waals surface area contributed by atoms with Gasteiger partial charge >= 0.3 is 0 Å². The molecule has 10 nitrogen and oxygen atoms in total. The second-order valence-electron chi connectivity index (χ2n) is 16.0. The summed E-state index contributed by atoms with van der Waals surface area (Å²) in [6.07, 6.45) is 1.55. The molecule has 0 spiro atoms. The van der Waals surface area contributed by atoms with Crippen LogP contribution in [-0.2, 0) is 30.6 Å². The van der Waals surface area contributed by atoms with E-state index in [9.17, 15) is 18.7 Å². The zero-order valence-electron chi connectivity index (χ0n) is 33.9. The molecule has 12 heteroatoms. The van der Waals surface area contributed by atoms with Gasteiger partial charge in [-0.05, 0) is 69.7 Å². The number of fused-ring (bicyclic) bond motifs is 1. The largest absolute Gasteiger partial charge is 0.403 e. The van der Waals surface area contributed by atoms with Gasteiger partial charge in [0.25, 0.3) is 18.3 Å². The molecular formula is C47H48N5O5SSi. The summed E-state index contributed by atoms with van der Waals surface area (Å²) in [6, 6.07) is 40.4. The molecule has 0 N–H and O–H groups in total. The molecule has 1 aliphatic rings. The van der Waals surface area contributed by atoms with Crippen LogP contribution in [0, 0.1) is 13.7 Å². The number of ether oxygens (including phenoxy) is 1. The Morgan fingerprint density at radius 2 is 1.51 bits per heavy atom. The third kappa shape index (κ3) is 7.78. The van der Waals surface area contributed by atoms with Crippen LogP contribution < -0.4 is 10.4 Å². The van der Waals surface area contributed by atoms with E-state index >= 15 is 0 Å². The molecule has 1 aromatic heterocycles. The van der Waals surface area contributed by atoms with Crippen molar-refractivity contribution in [1.29, 1.82) is 0 Å². The number of azide groups is 1. The summed E-state index contributed by atoms with van der Waals surface area (Å²) in [5.41, 5.74) is 13.9. The Balaban J connectivity index is 1.43. The van der Waals surface area contributed by atoms with E-state index < -0.39 is 42.2 Å². The lowest BCUT2D eigenvalue weighted by molar-refractivity contribution is -0.132. The molecule has 1 amide bonds. The Bertz CT molecular complexity index is 2580. The van der Waals surface area contributed by atoms with Crippen molar-refractivity contribution in [3.63, 3.8) is 0 Å². The number of amides is 1. The Morgan fingerprint density at radius 3 is 2.07 bits per heavy atom. The van der Waals surface area contributed by atoms with Crippen molar-refractivity contribution in [2.75, 3.05) is 6.61 Å². The third-order valence-electron chi connectivity index (χ3n) is 11.2. The summed E-state index contributed by atoms with van der Waals surface area (Å²) in [7, 11) is -7.25. The van der Waals surface area contributed by atoms with Gasteiger partial charge < -0.3 is 14.1 Å². The van der Waals surface area contributed by atoms with Crippen LogP contribution in [-0.4, -0.2) is 44.2 Å². The van der Waals surface area contributed by atoms with Gasteiger partial charge in [0.15, 0.2) is 6.73 Å². The van der Waals surface area contributed by atoms with Crippen molar-refractivity contribution < 1.29 is 22.4 Å². The monoisotopic (exact) mass is 822 g/mol. The van der Waals surface area contributed by atoms with Gasteiger partial charge in [-0.25, -0.2) is 12.4 Å². The predicted molar refractivity (Wildman–Crippen MR) is 235 cm³/mol. The Hall–Kier alpha value is -5.75.